The number of furan rings is 1. The van der Waals surface area contributed by atoms with Crippen LogP contribution in [0.5, 0.6) is 0 Å². The topological polar surface area (TPSA) is 82.8 Å². The molecule has 2 amide bonds. The van der Waals surface area contributed by atoms with Crippen LogP contribution in [-0.2, 0) is 4.79 Å². The normalized spacial score (nSPS) is 12.5. The summed E-state index contributed by atoms with van der Waals surface area (Å²) in [6.07, 6.45) is 0.840. The fourth-order valence-electron chi connectivity index (χ4n) is 1.40. The lowest BCUT2D eigenvalue weighted by Gasteiger charge is -2.17. The third-order valence-corrected chi connectivity index (χ3v) is 1.99. The number of carbonyl (C=O) groups excluding carboxylic acids is 2. The van der Waals surface area contributed by atoms with Crippen molar-refractivity contribution in [3.8, 4) is 0 Å². The fraction of sp³-hybridized carbons (Fsp3) is 0.455. The molecule has 0 saturated carbocycles. The van der Waals surface area contributed by atoms with Crippen molar-refractivity contribution in [3.05, 3.63) is 24.2 Å². The van der Waals surface area contributed by atoms with Crippen LogP contribution >= 0.6 is 0 Å². The molecule has 1 atom stereocenters. The van der Waals surface area contributed by atoms with E-state index in [0.29, 0.717) is 6.54 Å². The van der Waals surface area contributed by atoms with Gasteiger partial charge in [-0.2, -0.15) is 0 Å². The first kappa shape index (κ1) is 13.4. The molecule has 0 bridgehead atoms. The summed E-state index contributed by atoms with van der Waals surface area (Å²) >= 11 is 0. The van der Waals surface area contributed by atoms with E-state index in [1.165, 1.54) is 12.3 Å². The van der Waals surface area contributed by atoms with E-state index in [1.54, 1.807) is 24.9 Å². The lowest BCUT2D eigenvalue weighted by Crippen LogP contribution is -2.40. The molecule has 1 aromatic heterocycles. The van der Waals surface area contributed by atoms with Crippen molar-refractivity contribution in [2.75, 3.05) is 20.1 Å². The summed E-state index contributed by atoms with van der Waals surface area (Å²) < 4.78 is 4.85. The lowest BCUT2D eigenvalue weighted by atomic mass is 10.3. The van der Waals surface area contributed by atoms with Crippen LogP contribution in [0.1, 0.15) is 17.5 Å². The van der Waals surface area contributed by atoms with Crippen LogP contribution in [0.25, 0.3) is 0 Å². The molecule has 0 aliphatic heterocycles. The highest BCUT2D eigenvalue weighted by atomic mass is 16.3. The van der Waals surface area contributed by atoms with Gasteiger partial charge in [0.15, 0.2) is 5.76 Å². The third-order valence-electron chi connectivity index (χ3n) is 1.99. The number of carbonyl (C=O) groups is 2. The van der Waals surface area contributed by atoms with Gasteiger partial charge in [-0.15, -0.1) is 0 Å². The second kappa shape index (κ2) is 6.17. The van der Waals surface area contributed by atoms with Gasteiger partial charge < -0.3 is 9.52 Å². The summed E-state index contributed by atoms with van der Waals surface area (Å²) in [6.45, 7) is 2.03. The molecule has 0 aromatic carbocycles. The molecule has 1 unspecified atom stereocenters. The van der Waals surface area contributed by atoms with Crippen molar-refractivity contribution in [1.82, 2.24) is 10.2 Å². The molecule has 0 saturated heterocycles. The third kappa shape index (κ3) is 4.80. The van der Waals surface area contributed by atoms with Crippen LogP contribution in [0.4, 0.5) is 0 Å². The molecular formula is C11H16N2O4. The Morgan fingerprint density at radius 2 is 2.29 bits per heavy atom. The average molecular weight is 240 g/mol. The van der Waals surface area contributed by atoms with Gasteiger partial charge in [0.2, 0.25) is 5.91 Å². The number of aliphatic hydroxyl groups is 1. The smallest absolute Gasteiger partial charge is 0.293 e. The molecule has 6 nitrogen and oxygen atoms in total. The van der Waals surface area contributed by atoms with E-state index in [-0.39, 0.29) is 12.3 Å². The molecule has 2 N–H and O–H groups in total. The van der Waals surface area contributed by atoms with Crippen molar-refractivity contribution in [1.29, 1.82) is 0 Å². The first-order chi connectivity index (χ1) is 7.99. The molecule has 1 aromatic rings. The summed E-state index contributed by atoms with van der Waals surface area (Å²) in [5.74, 6) is -0.906. The van der Waals surface area contributed by atoms with Crippen LogP contribution in [-0.4, -0.2) is 48.1 Å². The Hall–Kier alpha value is -1.66. The SMILES string of the molecule is CC(O)CN(C)CC(=O)NC(=O)c1ccco1. The number of nitrogens with zero attached hydrogens (tertiary/aromatic N) is 1. The van der Waals surface area contributed by atoms with Crippen LogP contribution in [0.3, 0.4) is 0 Å². The van der Waals surface area contributed by atoms with Gasteiger partial charge in [0.05, 0.1) is 18.9 Å². The largest absolute Gasteiger partial charge is 0.459 e. The predicted octanol–water partition coefficient (Wildman–Crippen LogP) is -0.151. The van der Waals surface area contributed by atoms with E-state index in [2.05, 4.69) is 5.32 Å². The minimum atomic E-state index is -0.564. The maximum atomic E-state index is 11.4. The zero-order valence-corrected chi connectivity index (χ0v) is 9.84. The van der Waals surface area contributed by atoms with E-state index in [4.69, 9.17) is 9.52 Å². The minimum Gasteiger partial charge on any atom is -0.459 e. The van der Waals surface area contributed by atoms with Gasteiger partial charge in [-0.3, -0.25) is 19.8 Å². The molecule has 0 aliphatic carbocycles. The number of amides is 2. The second-order valence-corrected chi connectivity index (χ2v) is 3.90. The fourth-order valence-corrected chi connectivity index (χ4v) is 1.40. The van der Waals surface area contributed by atoms with Gasteiger partial charge >= 0.3 is 0 Å². The molecule has 94 valence electrons. The minimum absolute atomic E-state index is 0.0390. The Kier molecular flexibility index (Phi) is 4.86. The Balaban J connectivity index is 2.37. The van der Waals surface area contributed by atoms with Crippen LogP contribution in [0.2, 0.25) is 0 Å². The quantitative estimate of drug-likeness (QED) is 0.747. The summed E-state index contributed by atoms with van der Waals surface area (Å²) in [6, 6.07) is 3.04. The number of likely N-dealkylation sites (N-methyl/N-ethyl adjacent to an activating group) is 1. The van der Waals surface area contributed by atoms with Crippen LogP contribution in [0, 0.1) is 0 Å². The highest BCUT2D eigenvalue weighted by molar-refractivity contribution is 6.03. The van der Waals surface area contributed by atoms with Crippen molar-refractivity contribution >= 4 is 11.8 Å². The average Bonchev–Trinajstić information content (AvgIpc) is 2.67. The molecule has 0 spiro atoms. The zero-order chi connectivity index (χ0) is 12.8. The van der Waals surface area contributed by atoms with E-state index in [0.717, 1.165) is 0 Å². The molecule has 0 aliphatic rings. The Labute approximate surface area is 99.2 Å². The number of hydrogen-bond donors (Lipinski definition) is 2. The molecule has 0 radical (unpaired) electrons. The molecular weight excluding hydrogens is 224 g/mol. The van der Waals surface area contributed by atoms with Gasteiger partial charge in [-0.1, -0.05) is 0 Å². The molecule has 17 heavy (non-hydrogen) atoms. The number of nitrogens with one attached hydrogen (secondary N) is 1. The van der Waals surface area contributed by atoms with Gasteiger partial charge in [0.1, 0.15) is 0 Å². The number of imide groups is 1. The van der Waals surface area contributed by atoms with Gasteiger partial charge in [-0.05, 0) is 26.1 Å². The van der Waals surface area contributed by atoms with E-state index in [9.17, 15) is 9.59 Å². The molecule has 1 rings (SSSR count). The number of rotatable bonds is 5. The Morgan fingerprint density at radius 3 is 2.82 bits per heavy atom. The summed E-state index contributed by atoms with van der Waals surface area (Å²) in [4.78, 5) is 24.5. The number of hydrogen-bond acceptors (Lipinski definition) is 5. The monoisotopic (exact) mass is 240 g/mol. The first-order valence-corrected chi connectivity index (χ1v) is 5.23. The summed E-state index contributed by atoms with van der Waals surface area (Å²) in [7, 11) is 1.68. The highest BCUT2D eigenvalue weighted by Crippen LogP contribution is 1.99. The standard InChI is InChI=1S/C11H16N2O4/c1-8(14)6-13(2)7-10(15)12-11(16)9-4-3-5-17-9/h3-5,8,14H,6-7H2,1-2H3,(H,12,15,16). The summed E-state index contributed by atoms with van der Waals surface area (Å²) in [5.41, 5.74) is 0. The summed E-state index contributed by atoms with van der Waals surface area (Å²) in [5, 5.41) is 11.3. The predicted molar refractivity (Wildman–Crippen MR) is 60.4 cm³/mol. The molecule has 6 heteroatoms. The van der Waals surface area contributed by atoms with Gasteiger partial charge in [-0.25, -0.2) is 0 Å². The molecule has 0 fully saturated rings. The Morgan fingerprint density at radius 1 is 1.59 bits per heavy atom. The second-order valence-electron chi connectivity index (χ2n) is 3.90. The number of aliphatic hydroxyl groups excluding tert-OH is 1. The van der Waals surface area contributed by atoms with Crippen molar-refractivity contribution in [3.63, 3.8) is 0 Å². The van der Waals surface area contributed by atoms with Crippen molar-refractivity contribution in [2.45, 2.75) is 13.0 Å². The lowest BCUT2D eigenvalue weighted by molar-refractivity contribution is -0.121. The maximum Gasteiger partial charge on any atom is 0.293 e. The van der Waals surface area contributed by atoms with Crippen molar-refractivity contribution in [2.24, 2.45) is 0 Å². The van der Waals surface area contributed by atoms with Crippen molar-refractivity contribution < 1.29 is 19.1 Å². The van der Waals surface area contributed by atoms with E-state index in [1.807, 2.05) is 0 Å². The zero-order valence-electron chi connectivity index (χ0n) is 9.84. The van der Waals surface area contributed by atoms with E-state index >= 15 is 0 Å². The van der Waals surface area contributed by atoms with Crippen LogP contribution in [0.15, 0.2) is 22.8 Å². The molecule has 1 heterocycles. The Bertz CT molecular complexity index is 373. The first-order valence-electron chi connectivity index (χ1n) is 5.23. The van der Waals surface area contributed by atoms with E-state index < -0.39 is 17.9 Å². The maximum absolute atomic E-state index is 11.4. The highest BCUT2D eigenvalue weighted by Gasteiger charge is 2.14. The van der Waals surface area contributed by atoms with Gasteiger partial charge in [0, 0.05) is 6.54 Å². The van der Waals surface area contributed by atoms with Crippen LogP contribution < -0.4 is 5.32 Å². The van der Waals surface area contributed by atoms with Gasteiger partial charge in [0.25, 0.3) is 5.91 Å².